The second-order valence-electron chi connectivity index (χ2n) is 4.51. The number of anilines is 1. The zero-order chi connectivity index (χ0) is 13.7. The summed E-state index contributed by atoms with van der Waals surface area (Å²) in [6.07, 6.45) is 3.47. The topological polar surface area (TPSA) is 54.4 Å². The summed E-state index contributed by atoms with van der Waals surface area (Å²) in [7, 11) is 1.66. The monoisotopic (exact) mass is 260 g/mol. The van der Waals surface area contributed by atoms with Gasteiger partial charge in [0, 0.05) is 24.2 Å². The van der Waals surface area contributed by atoms with Gasteiger partial charge in [-0.2, -0.15) is 0 Å². The SMILES string of the molecule is CCC(CCO)Nc1nccc2cc(OC)ccc12. The van der Waals surface area contributed by atoms with Crippen LogP contribution in [0.5, 0.6) is 5.75 Å². The summed E-state index contributed by atoms with van der Waals surface area (Å²) in [4.78, 5) is 4.40. The third-order valence-electron chi connectivity index (χ3n) is 3.28. The van der Waals surface area contributed by atoms with E-state index in [0.29, 0.717) is 0 Å². The summed E-state index contributed by atoms with van der Waals surface area (Å²) in [5, 5.41) is 14.6. The van der Waals surface area contributed by atoms with E-state index in [1.54, 1.807) is 13.3 Å². The van der Waals surface area contributed by atoms with Gasteiger partial charge in [-0.1, -0.05) is 6.92 Å². The van der Waals surface area contributed by atoms with Crippen molar-refractivity contribution >= 4 is 16.6 Å². The van der Waals surface area contributed by atoms with Crippen molar-refractivity contribution in [3.63, 3.8) is 0 Å². The Bertz CT molecular complexity index is 543. The molecule has 2 rings (SSSR count). The van der Waals surface area contributed by atoms with E-state index in [2.05, 4.69) is 17.2 Å². The average molecular weight is 260 g/mol. The maximum absolute atomic E-state index is 9.05. The van der Waals surface area contributed by atoms with Crippen LogP contribution in [0.4, 0.5) is 5.82 Å². The van der Waals surface area contributed by atoms with E-state index in [0.717, 1.165) is 35.2 Å². The molecule has 1 heterocycles. The van der Waals surface area contributed by atoms with E-state index in [-0.39, 0.29) is 12.6 Å². The molecule has 0 spiro atoms. The molecule has 1 aromatic carbocycles. The van der Waals surface area contributed by atoms with Gasteiger partial charge in [-0.25, -0.2) is 4.98 Å². The van der Waals surface area contributed by atoms with Gasteiger partial charge in [-0.05, 0) is 42.5 Å². The lowest BCUT2D eigenvalue weighted by molar-refractivity contribution is 0.278. The van der Waals surface area contributed by atoms with Crippen LogP contribution in [0.1, 0.15) is 19.8 Å². The highest BCUT2D eigenvalue weighted by atomic mass is 16.5. The van der Waals surface area contributed by atoms with Gasteiger partial charge < -0.3 is 15.2 Å². The molecule has 102 valence electrons. The van der Waals surface area contributed by atoms with Gasteiger partial charge in [0.15, 0.2) is 0 Å². The fourth-order valence-corrected chi connectivity index (χ4v) is 2.13. The lowest BCUT2D eigenvalue weighted by Gasteiger charge is -2.17. The highest BCUT2D eigenvalue weighted by Crippen LogP contribution is 2.26. The predicted octanol–water partition coefficient (Wildman–Crippen LogP) is 2.82. The molecule has 2 N–H and O–H groups in total. The van der Waals surface area contributed by atoms with Gasteiger partial charge in [0.25, 0.3) is 0 Å². The number of pyridine rings is 1. The Morgan fingerprint density at radius 3 is 2.89 bits per heavy atom. The Morgan fingerprint density at radius 1 is 1.37 bits per heavy atom. The van der Waals surface area contributed by atoms with E-state index in [4.69, 9.17) is 9.84 Å². The Balaban J connectivity index is 2.32. The standard InChI is InChI=1S/C15H20N2O2/c1-3-12(7-9-18)17-15-14-5-4-13(19-2)10-11(14)6-8-16-15/h4-6,8,10,12,18H,3,7,9H2,1-2H3,(H,16,17). The summed E-state index contributed by atoms with van der Waals surface area (Å²) >= 11 is 0. The number of hydrogen-bond acceptors (Lipinski definition) is 4. The fourth-order valence-electron chi connectivity index (χ4n) is 2.13. The second kappa shape index (κ2) is 6.38. The molecule has 1 atom stereocenters. The molecule has 0 aliphatic rings. The van der Waals surface area contributed by atoms with Crippen LogP contribution in [0.25, 0.3) is 10.8 Å². The Morgan fingerprint density at radius 2 is 2.21 bits per heavy atom. The second-order valence-corrected chi connectivity index (χ2v) is 4.51. The van der Waals surface area contributed by atoms with Crippen molar-refractivity contribution < 1.29 is 9.84 Å². The Labute approximate surface area is 113 Å². The minimum Gasteiger partial charge on any atom is -0.497 e. The summed E-state index contributed by atoms with van der Waals surface area (Å²) in [5.74, 6) is 1.70. The molecule has 0 amide bonds. The maximum atomic E-state index is 9.05. The highest BCUT2D eigenvalue weighted by Gasteiger charge is 2.09. The van der Waals surface area contributed by atoms with Crippen molar-refractivity contribution in [3.05, 3.63) is 30.5 Å². The molecular weight excluding hydrogens is 240 g/mol. The number of nitrogens with zero attached hydrogens (tertiary/aromatic N) is 1. The van der Waals surface area contributed by atoms with E-state index in [9.17, 15) is 0 Å². The van der Waals surface area contributed by atoms with Crippen molar-refractivity contribution in [2.45, 2.75) is 25.8 Å². The van der Waals surface area contributed by atoms with Crippen molar-refractivity contribution in [2.24, 2.45) is 0 Å². The highest BCUT2D eigenvalue weighted by molar-refractivity contribution is 5.92. The number of nitrogens with one attached hydrogen (secondary N) is 1. The first-order valence-corrected chi connectivity index (χ1v) is 6.58. The Hall–Kier alpha value is -1.81. The van der Waals surface area contributed by atoms with Gasteiger partial charge in [-0.3, -0.25) is 0 Å². The van der Waals surface area contributed by atoms with E-state index < -0.39 is 0 Å². The van der Waals surface area contributed by atoms with Crippen molar-refractivity contribution in [3.8, 4) is 5.75 Å². The normalized spacial score (nSPS) is 12.4. The molecule has 0 saturated heterocycles. The van der Waals surface area contributed by atoms with Gasteiger partial charge in [0.2, 0.25) is 0 Å². The van der Waals surface area contributed by atoms with Crippen LogP contribution in [-0.4, -0.2) is 29.8 Å². The molecule has 0 aliphatic carbocycles. The first kappa shape index (κ1) is 13.6. The van der Waals surface area contributed by atoms with Crippen molar-refractivity contribution in [1.82, 2.24) is 4.98 Å². The van der Waals surface area contributed by atoms with Crippen LogP contribution in [0.15, 0.2) is 30.5 Å². The number of benzene rings is 1. The molecule has 0 fully saturated rings. The van der Waals surface area contributed by atoms with E-state index in [1.807, 2.05) is 24.3 Å². The van der Waals surface area contributed by atoms with Crippen LogP contribution in [0.3, 0.4) is 0 Å². The molecule has 0 aliphatic heterocycles. The number of aliphatic hydroxyl groups is 1. The number of aromatic nitrogens is 1. The zero-order valence-corrected chi connectivity index (χ0v) is 11.4. The number of ether oxygens (including phenoxy) is 1. The smallest absolute Gasteiger partial charge is 0.134 e. The average Bonchev–Trinajstić information content (AvgIpc) is 2.46. The maximum Gasteiger partial charge on any atom is 0.134 e. The molecule has 0 radical (unpaired) electrons. The number of rotatable bonds is 6. The summed E-state index contributed by atoms with van der Waals surface area (Å²) in [5.41, 5.74) is 0. The Kier molecular flexibility index (Phi) is 4.58. The fraction of sp³-hybridized carbons (Fsp3) is 0.400. The molecule has 1 aromatic heterocycles. The molecule has 19 heavy (non-hydrogen) atoms. The summed E-state index contributed by atoms with van der Waals surface area (Å²) in [6.45, 7) is 2.28. The van der Waals surface area contributed by atoms with Crippen molar-refractivity contribution in [2.75, 3.05) is 19.0 Å². The number of aliphatic hydroxyl groups excluding tert-OH is 1. The van der Waals surface area contributed by atoms with E-state index in [1.165, 1.54) is 0 Å². The van der Waals surface area contributed by atoms with Gasteiger partial charge in [-0.15, -0.1) is 0 Å². The first-order chi connectivity index (χ1) is 9.28. The van der Waals surface area contributed by atoms with Crippen LogP contribution in [-0.2, 0) is 0 Å². The van der Waals surface area contributed by atoms with Gasteiger partial charge in [0.1, 0.15) is 11.6 Å². The summed E-state index contributed by atoms with van der Waals surface area (Å²) < 4.78 is 5.23. The number of hydrogen-bond donors (Lipinski definition) is 2. The van der Waals surface area contributed by atoms with Gasteiger partial charge >= 0.3 is 0 Å². The molecule has 0 bridgehead atoms. The largest absolute Gasteiger partial charge is 0.497 e. The lowest BCUT2D eigenvalue weighted by Crippen LogP contribution is -2.20. The molecule has 2 aromatic rings. The predicted molar refractivity (Wildman–Crippen MR) is 77.7 cm³/mol. The van der Waals surface area contributed by atoms with Crippen LogP contribution < -0.4 is 10.1 Å². The molecule has 4 nitrogen and oxygen atoms in total. The third-order valence-corrected chi connectivity index (χ3v) is 3.28. The molecule has 4 heteroatoms. The third kappa shape index (κ3) is 3.15. The quantitative estimate of drug-likeness (QED) is 0.838. The lowest BCUT2D eigenvalue weighted by atomic mass is 10.1. The molecular formula is C15H20N2O2. The number of fused-ring (bicyclic) bond motifs is 1. The first-order valence-electron chi connectivity index (χ1n) is 6.58. The minimum absolute atomic E-state index is 0.185. The van der Waals surface area contributed by atoms with Crippen molar-refractivity contribution in [1.29, 1.82) is 0 Å². The van der Waals surface area contributed by atoms with Gasteiger partial charge in [0.05, 0.1) is 7.11 Å². The summed E-state index contributed by atoms with van der Waals surface area (Å²) in [6, 6.07) is 8.15. The zero-order valence-electron chi connectivity index (χ0n) is 11.4. The molecule has 1 unspecified atom stereocenters. The number of methoxy groups -OCH3 is 1. The van der Waals surface area contributed by atoms with Crippen LogP contribution in [0.2, 0.25) is 0 Å². The van der Waals surface area contributed by atoms with E-state index >= 15 is 0 Å². The molecule has 0 saturated carbocycles. The van der Waals surface area contributed by atoms with Crippen LogP contribution >= 0.6 is 0 Å². The minimum atomic E-state index is 0.185. The van der Waals surface area contributed by atoms with Crippen LogP contribution in [0, 0.1) is 0 Å².